The van der Waals surface area contributed by atoms with E-state index in [9.17, 15) is 5.26 Å². The van der Waals surface area contributed by atoms with Gasteiger partial charge in [0.05, 0.1) is 24.3 Å². The first-order valence-electron chi connectivity index (χ1n) is 9.49. The number of hydrogen-bond donors (Lipinski definition) is 2. The minimum atomic E-state index is -0.427. The van der Waals surface area contributed by atoms with Crippen molar-refractivity contribution in [1.29, 1.82) is 5.26 Å². The number of aromatic nitrogens is 2. The smallest absolute Gasteiger partial charge is 0.244 e. The summed E-state index contributed by atoms with van der Waals surface area (Å²) in [6.45, 7) is 0. The largest absolute Gasteiger partial charge is 0.496 e. The van der Waals surface area contributed by atoms with Crippen molar-refractivity contribution >= 4 is 10.8 Å². The number of benzene rings is 3. The first-order valence-corrected chi connectivity index (χ1v) is 9.49. The van der Waals surface area contributed by atoms with Gasteiger partial charge >= 0.3 is 0 Å². The highest BCUT2D eigenvalue weighted by atomic mass is 16.5. The molecule has 1 aromatic heterocycles. The SMILES string of the molecule is COc1ccc([C@@H]2C(C#N)=C(N)Oc3n[nH]c(-c4ccccc4)c32)c2ccccc12. The van der Waals surface area contributed by atoms with Crippen LogP contribution >= 0.6 is 0 Å². The lowest BCUT2D eigenvalue weighted by Gasteiger charge is -2.25. The summed E-state index contributed by atoms with van der Waals surface area (Å²) in [5.74, 6) is 0.798. The standard InChI is InChI=1S/C24H18N4O2/c1-29-19-12-11-17(15-9-5-6-10-16(15)19)20-18(13-25)23(26)30-24-21(20)22(27-28-24)14-7-3-2-4-8-14/h2-12,20H,26H2,1H3,(H,27,28)/t20-/m1/s1. The summed E-state index contributed by atoms with van der Waals surface area (Å²) in [5.41, 5.74) is 9.98. The van der Waals surface area contributed by atoms with Gasteiger partial charge in [-0.3, -0.25) is 5.10 Å². The van der Waals surface area contributed by atoms with Gasteiger partial charge in [0.1, 0.15) is 17.4 Å². The van der Waals surface area contributed by atoms with Crippen LogP contribution in [-0.4, -0.2) is 17.3 Å². The first-order chi connectivity index (χ1) is 14.7. The Labute approximate surface area is 173 Å². The van der Waals surface area contributed by atoms with Crippen LogP contribution in [0.1, 0.15) is 17.0 Å². The number of allylic oxidation sites excluding steroid dienone is 1. The molecule has 1 aliphatic rings. The molecular weight excluding hydrogens is 376 g/mol. The molecule has 5 rings (SSSR count). The average molecular weight is 394 g/mol. The fourth-order valence-electron chi connectivity index (χ4n) is 4.11. The molecule has 0 aliphatic carbocycles. The highest BCUT2D eigenvalue weighted by Crippen LogP contribution is 2.47. The number of aromatic amines is 1. The van der Waals surface area contributed by atoms with Crippen LogP contribution in [0.15, 0.2) is 78.2 Å². The molecular formula is C24H18N4O2. The monoisotopic (exact) mass is 394 g/mol. The maximum Gasteiger partial charge on any atom is 0.244 e. The van der Waals surface area contributed by atoms with E-state index in [-0.39, 0.29) is 5.88 Å². The number of rotatable bonds is 3. The zero-order valence-electron chi connectivity index (χ0n) is 16.2. The number of nitrogens with one attached hydrogen (secondary N) is 1. The fourth-order valence-corrected chi connectivity index (χ4v) is 4.11. The van der Waals surface area contributed by atoms with Gasteiger partial charge in [0.25, 0.3) is 0 Å². The Morgan fingerprint density at radius 3 is 2.50 bits per heavy atom. The Hall–Kier alpha value is -4.24. The Balaban J connectivity index is 1.82. The Morgan fingerprint density at radius 2 is 1.77 bits per heavy atom. The average Bonchev–Trinajstić information content (AvgIpc) is 3.21. The van der Waals surface area contributed by atoms with E-state index in [1.807, 2.05) is 66.7 Å². The number of fused-ring (bicyclic) bond motifs is 2. The van der Waals surface area contributed by atoms with Crippen LogP contribution in [0.25, 0.3) is 22.0 Å². The third-order valence-corrected chi connectivity index (χ3v) is 5.45. The molecule has 3 N–H and O–H groups in total. The lowest BCUT2D eigenvalue weighted by Crippen LogP contribution is -2.21. The van der Waals surface area contributed by atoms with Crippen LogP contribution in [0.4, 0.5) is 0 Å². The van der Waals surface area contributed by atoms with E-state index in [2.05, 4.69) is 16.3 Å². The minimum Gasteiger partial charge on any atom is -0.496 e. The van der Waals surface area contributed by atoms with Crippen molar-refractivity contribution < 1.29 is 9.47 Å². The second-order valence-electron chi connectivity index (χ2n) is 7.01. The number of methoxy groups -OCH3 is 1. The van der Waals surface area contributed by atoms with Crippen molar-refractivity contribution in [3.05, 3.63) is 89.3 Å². The Kier molecular flexibility index (Phi) is 4.15. The Morgan fingerprint density at radius 1 is 1.03 bits per heavy atom. The highest BCUT2D eigenvalue weighted by molar-refractivity contribution is 5.93. The van der Waals surface area contributed by atoms with Crippen LogP contribution in [0.5, 0.6) is 11.6 Å². The van der Waals surface area contributed by atoms with Crippen LogP contribution in [-0.2, 0) is 0 Å². The summed E-state index contributed by atoms with van der Waals surface area (Å²) in [5, 5.41) is 19.3. The summed E-state index contributed by atoms with van der Waals surface area (Å²) in [6, 6.07) is 24.0. The number of hydrogen-bond acceptors (Lipinski definition) is 5. The van der Waals surface area contributed by atoms with Gasteiger partial charge in [0, 0.05) is 5.39 Å². The van der Waals surface area contributed by atoms with Crippen molar-refractivity contribution in [2.45, 2.75) is 5.92 Å². The highest BCUT2D eigenvalue weighted by Gasteiger charge is 2.36. The molecule has 0 bridgehead atoms. The van der Waals surface area contributed by atoms with Crippen molar-refractivity contribution in [2.75, 3.05) is 7.11 Å². The third-order valence-electron chi connectivity index (χ3n) is 5.45. The third kappa shape index (κ3) is 2.60. The van der Waals surface area contributed by atoms with Crippen LogP contribution in [0, 0.1) is 11.3 Å². The maximum atomic E-state index is 9.97. The molecule has 0 radical (unpaired) electrons. The molecule has 2 heterocycles. The summed E-state index contributed by atoms with van der Waals surface area (Å²) in [6.07, 6.45) is 0. The van der Waals surface area contributed by atoms with Crippen molar-refractivity contribution in [3.8, 4) is 29.0 Å². The van der Waals surface area contributed by atoms with Crippen LogP contribution in [0.3, 0.4) is 0 Å². The molecule has 0 fully saturated rings. The van der Waals surface area contributed by atoms with Gasteiger partial charge in [-0.25, -0.2) is 0 Å². The van der Waals surface area contributed by atoms with E-state index in [4.69, 9.17) is 15.2 Å². The van der Waals surface area contributed by atoms with Crippen molar-refractivity contribution in [1.82, 2.24) is 10.2 Å². The van der Waals surface area contributed by atoms with E-state index in [0.717, 1.165) is 38.9 Å². The zero-order valence-corrected chi connectivity index (χ0v) is 16.2. The molecule has 0 unspecified atom stereocenters. The predicted octanol–water partition coefficient (Wildman–Crippen LogP) is 4.46. The quantitative estimate of drug-likeness (QED) is 0.535. The van der Waals surface area contributed by atoms with Gasteiger partial charge in [-0.05, 0) is 22.6 Å². The minimum absolute atomic E-state index is 0.0704. The summed E-state index contributed by atoms with van der Waals surface area (Å²) in [7, 11) is 1.65. The molecule has 3 aromatic carbocycles. The molecule has 30 heavy (non-hydrogen) atoms. The van der Waals surface area contributed by atoms with Gasteiger partial charge in [-0.2, -0.15) is 5.26 Å². The topological polar surface area (TPSA) is 96.9 Å². The fraction of sp³-hybridized carbons (Fsp3) is 0.0833. The molecule has 6 heteroatoms. The van der Waals surface area contributed by atoms with Gasteiger partial charge in [-0.1, -0.05) is 60.7 Å². The normalized spacial score (nSPS) is 15.4. The second kappa shape index (κ2) is 6.98. The maximum absolute atomic E-state index is 9.97. The molecule has 1 atom stereocenters. The summed E-state index contributed by atoms with van der Waals surface area (Å²) in [4.78, 5) is 0. The lowest BCUT2D eigenvalue weighted by molar-refractivity contribution is 0.379. The number of nitriles is 1. The Bertz CT molecular complexity index is 1330. The summed E-state index contributed by atoms with van der Waals surface area (Å²) >= 11 is 0. The van der Waals surface area contributed by atoms with Gasteiger partial charge < -0.3 is 15.2 Å². The predicted molar refractivity (Wildman–Crippen MR) is 114 cm³/mol. The second-order valence-corrected chi connectivity index (χ2v) is 7.01. The van der Waals surface area contributed by atoms with Crippen molar-refractivity contribution in [2.24, 2.45) is 5.73 Å². The first kappa shape index (κ1) is 17.8. The van der Waals surface area contributed by atoms with E-state index < -0.39 is 5.92 Å². The number of nitrogens with two attached hydrogens (primary N) is 1. The number of H-pyrrole nitrogens is 1. The number of ether oxygens (including phenoxy) is 2. The van der Waals surface area contributed by atoms with E-state index in [1.54, 1.807) is 7.11 Å². The van der Waals surface area contributed by atoms with Crippen molar-refractivity contribution in [3.63, 3.8) is 0 Å². The molecule has 6 nitrogen and oxygen atoms in total. The molecule has 0 amide bonds. The van der Waals surface area contributed by atoms with Gasteiger partial charge in [0.2, 0.25) is 11.8 Å². The number of nitrogens with zero attached hydrogens (tertiary/aromatic N) is 2. The molecule has 0 spiro atoms. The van der Waals surface area contributed by atoms with Crippen LogP contribution < -0.4 is 15.2 Å². The molecule has 4 aromatic rings. The molecule has 0 saturated carbocycles. The van der Waals surface area contributed by atoms with Crippen LogP contribution in [0.2, 0.25) is 0 Å². The molecule has 146 valence electrons. The summed E-state index contributed by atoms with van der Waals surface area (Å²) < 4.78 is 11.3. The van der Waals surface area contributed by atoms with E-state index in [0.29, 0.717) is 11.5 Å². The lowest BCUT2D eigenvalue weighted by atomic mass is 9.81. The van der Waals surface area contributed by atoms with Gasteiger partial charge in [0.15, 0.2) is 0 Å². The zero-order chi connectivity index (χ0) is 20.7. The van der Waals surface area contributed by atoms with E-state index >= 15 is 0 Å². The van der Waals surface area contributed by atoms with Gasteiger partial charge in [-0.15, -0.1) is 5.10 Å². The molecule has 1 aliphatic heterocycles. The van der Waals surface area contributed by atoms with E-state index in [1.165, 1.54) is 0 Å². The molecule has 0 saturated heterocycles.